The number of pyridine rings is 1. The van der Waals surface area contributed by atoms with E-state index in [0.717, 1.165) is 18.4 Å². The molecule has 0 bridgehead atoms. The van der Waals surface area contributed by atoms with Crippen LogP contribution in [-0.4, -0.2) is 32.9 Å². The minimum absolute atomic E-state index is 0.0109. The van der Waals surface area contributed by atoms with Crippen LogP contribution in [0.3, 0.4) is 0 Å². The van der Waals surface area contributed by atoms with E-state index in [1.807, 2.05) is 6.07 Å². The molecule has 32 heavy (non-hydrogen) atoms. The van der Waals surface area contributed by atoms with Crippen molar-refractivity contribution >= 4 is 20.7 Å². The lowest BCUT2D eigenvalue weighted by atomic mass is 9.89. The first-order valence-electron chi connectivity index (χ1n) is 9.43. The molecule has 1 fully saturated rings. The van der Waals surface area contributed by atoms with Crippen molar-refractivity contribution in [3.8, 4) is 29.2 Å². The Morgan fingerprint density at radius 3 is 2.50 bits per heavy atom. The Hall–Kier alpha value is -3.53. The molecule has 0 amide bonds. The van der Waals surface area contributed by atoms with E-state index in [1.165, 1.54) is 18.2 Å². The second-order valence-corrected chi connectivity index (χ2v) is 9.90. The molecule has 0 unspecified atom stereocenters. The van der Waals surface area contributed by atoms with Crippen molar-refractivity contribution in [3.63, 3.8) is 0 Å². The molecule has 4 rings (SSSR count). The second kappa shape index (κ2) is 7.56. The smallest absolute Gasteiger partial charge is 0.193 e. The Bertz CT molecular complexity index is 1550. The quantitative estimate of drug-likeness (QED) is 0.600. The lowest BCUT2D eigenvalue weighted by Crippen LogP contribution is -2.38. The minimum Gasteiger partial charge on any atom is -0.378 e. The summed E-state index contributed by atoms with van der Waals surface area (Å²) < 4.78 is 59.2. The largest absolute Gasteiger partial charge is 0.378 e. The van der Waals surface area contributed by atoms with Gasteiger partial charge in [0.15, 0.2) is 21.1 Å². The number of nitriles is 1. The van der Waals surface area contributed by atoms with Gasteiger partial charge in [-0.2, -0.15) is 5.26 Å². The number of hydrogen-bond donors (Lipinski definition) is 1. The summed E-state index contributed by atoms with van der Waals surface area (Å²) >= 11 is 0. The number of nitrogens with zero attached hydrogens (tertiary/aromatic N) is 1. The normalized spacial score (nSPS) is 14.8. The van der Waals surface area contributed by atoms with Crippen LogP contribution in [0.15, 0.2) is 40.0 Å². The van der Waals surface area contributed by atoms with E-state index in [1.54, 1.807) is 6.92 Å². The number of rotatable bonds is 2. The van der Waals surface area contributed by atoms with Crippen molar-refractivity contribution in [1.82, 2.24) is 4.98 Å². The minimum atomic E-state index is -3.72. The van der Waals surface area contributed by atoms with Crippen molar-refractivity contribution in [2.75, 3.05) is 19.5 Å². The number of sulfone groups is 1. The highest BCUT2D eigenvalue weighted by atomic mass is 32.2. The molecule has 6 nitrogen and oxygen atoms in total. The molecule has 2 heterocycles. The molecule has 1 saturated heterocycles. The summed E-state index contributed by atoms with van der Waals surface area (Å²) in [5, 5.41) is 8.77. The van der Waals surface area contributed by atoms with Gasteiger partial charge >= 0.3 is 0 Å². The van der Waals surface area contributed by atoms with Crippen LogP contribution >= 0.6 is 0 Å². The number of aromatic amines is 1. The van der Waals surface area contributed by atoms with Crippen LogP contribution in [0.1, 0.15) is 18.1 Å². The van der Waals surface area contributed by atoms with Crippen LogP contribution in [0.5, 0.6) is 0 Å². The molecule has 3 aromatic rings. The molecule has 0 radical (unpaired) electrons. The topological polar surface area (TPSA) is 100 Å². The van der Waals surface area contributed by atoms with Gasteiger partial charge in [-0.05, 0) is 31.2 Å². The van der Waals surface area contributed by atoms with Gasteiger partial charge < -0.3 is 9.72 Å². The Labute approximate surface area is 182 Å². The third-order valence-electron chi connectivity index (χ3n) is 5.14. The van der Waals surface area contributed by atoms with Crippen molar-refractivity contribution in [3.05, 3.63) is 63.3 Å². The van der Waals surface area contributed by atoms with Crippen molar-refractivity contribution < 1.29 is 21.9 Å². The van der Waals surface area contributed by atoms with Gasteiger partial charge in [-0.25, -0.2) is 17.2 Å². The Kier molecular flexibility index (Phi) is 5.12. The van der Waals surface area contributed by atoms with E-state index in [9.17, 15) is 22.9 Å². The maximum Gasteiger partial charge on any atom is 0.193 e. The number of halogens is 2. The second-order valence-electron chi connectivity index (χ2n) is 7.92. The summed E-state index contributed by atoms with van der Waals surface area (Å²) in [5.74, 6) is 3.21. The van der Waals surface area contributed by atoms with E-state index in [4.69, 9.17) is 4.74 Å². The van der Waals surface area contributed by atoms with E-state index in [2.05, 4.69) is 16.8 Å². The van der Waals surface area contributed by atoms with Crippen LogP contribution in [0, 0.1) is 40.2 Å². The highest BCUT2D eigenvalue weighted by Gasteiger charge is 2.31. The number of benzene rings is 2. The lowest BCUT2D eigenvalue weighted by molar-refractivity contribution is -0.0648. The fourth-order valence-corrected chi connectivity index (χ4v) is 4.31. The van der Waals surface area contributed by atoms with Gasteiger partial charge in [0, 0.05) is 17.9 Å². The van der Waals surface area contributed by atoms with E-state index in [0.29, 0.717) is 13.2 Å². The SMILES string of the molecule is CC1(C#Cc2c(F)cc3[nH]c(-c4cc(C#N)ccc4S(C)(=O)=O)cc(=O)c3c2F)COC1. The number of fused-ring (bicyclic) bond motifs is 1. The number of nitrogens with one attached hydrogen (secondary N) is 1. The summed E-state index contributed by atoms with van der Waals surface area (Å²) in [5.41, 5.74) is -1.75. The summed E-state index contributed by atoms with van der Waals surface area (Å²) in [6.45, 7) is 2.50. The monoisotopic (exact) mass is 454 g/mol. The zero-order valence-electron chi connectivity index (χ0n) is 17.0. The molecule has 1 aliphatic heterocycles. The summed E-state index contributed by atoms with van der Waals surface area (Å²) in [4.78, 5) is 15.4. The fraction of sp³-hybridized carbons (Fsp3) is 0.217. The van der Waals surface area contributed by atoms with Crippen LogP contribution in [0.25, 0.3) is 22.2 Å². The van der Waals surface area contributed by atoms with Crippen LogP contribution in [0.2, 0.25) is 0 Å². The van der Waals surface area contributed by atoms with Gasteiger partial charge in [-0.3, -0.25) is 4.79 Å². The molecule has 1 N–H and O–H groups in total. The third kappa shape index (κ3) is 3.77. The highest BCUT2D eigenvalue weighted by molar-refractivity contribution is 7.90. The molecule has 0 saturated carbocycles. The van der Waals surface area contributed by atoms with E-state index in [-0.39, 0.29) is 27.2 Å². The van der Waals surface area contributed by atoms with Crippen LogP contribution in [0.4, 0.5) is 8.78 Å². The van der Waals surface area contributed by atoms with Crippen LogP contribution in [-0.2, 0) is 14.6 Å². The van der Waals surface area contributed by atoms with Gasteiger partial charge in [0.1, 0.15) is 5.82 Å². The van der Waals surface area contributed by atoms with E-state index < -0.39 is 43.3 Å². The fourth-order valence-electron chi connectivity index (χ4n) is 3.43. The molecule has 162 valence electrons. The first-order chi connectivity index (χ1) is 15.0. The number of ether oxygens (including phenoxy) is 1. The van der Waals surface area contributed by atoms with Gasteiger partial charge in [-0.15, -0.1) is 0 Å². The predicted molar refractivity (Wildman–Crippen MR) is 114 cm³/mol. The molecule has 0 aliphatic carbocycles. The Balaban J connectivity index is 1.95. The molecule has 1 aromatic heterocycles. The number of H-pyrrole nitrogens is 1. The maximum absolute atomic E-state index is 15.1. The van der Waals surface area contributed by atoms with Crippen molar-refractivity contribution in [2.45, 2.75) is 11.8 Å². The third-order valence-corrected chi connectivity index (χ3v) is 6.29. The molecule has 1 aliphatic rings. The molecule has 2 aromatic carbocycles. The van der Waals surface area contributed by atoms with Gasteiger partial charge in [-0.1, -0.05) is 11.8 Å². The Morgan fingerprint density at radius 2 is 1.91 bits per heavy atom. The molecule has 0 spiro atoms. The summed E-state index contributed by atoms with van der Waals surface area (Å²) in [6.07, 6.45) is 0.981. The molecular formula is C23H16F2N2O4S. The van der Waals surface area contributed by atoms with Crippen molar-refractivity contribution in [2.24, 2.45) is 5.41 Å². The average molecular weight is 454 g/mol. The zero-order valence-corrected chi connectivity index (χ0v) is 17.9. The standard InChI is InChI=1S/C23H16F2N2O4S/c1-23(11-31-12-23)6-5-14-16(24)8-18-21(22(14)25)19(28)9-17(27-18)15-7-13(10-26)3-4-20(15)32(2,29)30/h3-4,7-9H,11-12H2,1-2H3,(H,27,28). The van der Waals surface area contributed by atoms with E-state index >= 15 is 4.39 Å². The van der Waals surface area contributed by atoms with Crippen LogP contribution < -0.4 is 5.43 Å². The predicted octanol–water partition coefficient (Wildman–Crippen LogP) is 3.14. The van der Waals surface area contributed by atoms with Gasteiger partial charge in [0.2, 0.25) is 0 Å². The highest BCUT2D eigenvalue weighted by Crippen LogP contribution is 2.30. The number of aromatic nitrogens is 1. The number of hydrogen-bond acceptors (Lipinski definition) is 5. The maximum atomic E-state index is 15.1. The zero-order chi connectivity index (χ0) is 23.3. The average Bonchev–Trinajstić information content (AvgIpc) is 2.70. The molecule has 0 atom stereocenters. The lowest BCUT2D eigenvalue weighted by Gasteiger charge is -2.32. The Morgan fingerprint density at radius 1 is 1.19 bits per heavy atom. The van der Waals surface area contributed by atoms with Gasteiger partial charge in [0.25, 0.3) is 0 Å². The summed E-state index contributed by atoms with van der Waals surface area (Å²) in [6, 6.07) is 7.73. The first-order valence-corrected chi connectivity index (χ1v) is 11.3. The van der Waals surface area contributed by atoms with Gasteiger partial charge in [0.05, 0.1) is 57.3 Å². The first kappa shape index (κ1) is 21.7. The molecular weight excluding hydrogens is 438 g/mol. The summed E-state index contributed by atoms with van der Waals surface area (Å²) in [7, 11) is -3.72. The van der Waals surface area contributed by atoms with Crippen molar-refractivity contribution in [1.29, 1.82) is 5.26 Å². The molecule has 9 heteroatoms.